The van der Waals surface area contributed by atoms with Gasteiger partial charge in [0, 0.05) is 25.5 Å². The number of ether oxygens (including phenoxy) is 2. The second-order valence-electron chi connectivity index (χ2n) is 13.3. The molecule has 0 atom stereocenters. The molecule has 6 aliphatic rings. The predicted octanol–water partition coefficient (Wildman–Crippen LogP) is 7.50. The van der Waals surface area contributed by atoms with Crippen LogP contribution in [0.3, 0.4) is 0 Å². The first kappa shape index (κ1) is 28.8. The molecule has 0 amide bonds. The second kappa shape index (κ2) is 12.1. The van der Waals surface area contributed by atoms with Gasteiger partial charge in [0.25, 0.3) is 0 Å². The number of rotatable bonds is 10. The number of alkyl halides is 3. The van der Waals surface area contributed by atoms with Gasteiger partial charge in [0.1, 0.15) is 5.75 Å². The van der Waals surface area contributed by atoms with E-state index in [1.165, 1.54) is 37.7 Å². The number of piperidine rings is 1. The number of halogens is 3. The molecule has 0 aromatic heterocycles. The maximum atomic E-state index is 12.8. The Bertz CT molecular complexity index is 926. The summed E-state index contributed by atoms with van der Waals surface area (Å²) < 4.78 is 50.5. The molecule has 7 rings (SSSR count). The third kappa shape index (κ3) is 6.20. The molecule has 224 valence electrons. The minimum atomic E-state index is -4.05. The highest BCUT2D eigenvalue weighted by atomic mass is 19.4. The van der Waals surface area contributed by atoms with E-state index in [1.54, 1.807) is 7.11 Å². The Morgan fingerprint density at radius 2 is 1.48 bits per heavy atom. The van der Waals surface area contributed by atoms with Gasteiger partial charge in [-0.3, -0.25) is 0 Å². The van der Waals surface area contributed by atoms with E-state index >= 15 is 0 Å². The zero-order valence-corrected chi connectivity index (χ0v) is 23.9. The highest BCUT2D eigenvalue weighted by Crippen LogP contribution is 2.60. The third-order valence-electron chi connectivity index (χ3n) is 10.9. The average molecular weight is 566 g/mol. The van der Waals surface area contributed by atoms with E-state index in [4.69, 9.17) is 19.2 Å². The Kier molecular flexibility index (Phi) is 8.70. The van der Waals surface area contributed by atoms with Crippen LogP contribution < -0.4 is 4.74 Å². The van der Waals surface area contributed by atoms with Crippen molar-refractivity contribution >= 4 is 0 Å². The van der Waals surface area contributed by atoms with Gasteiger partial charge in [0.05, 0.1) is 18.6 Å². The summed E-state index contributed by atoms with van der Waals surface area (Å²) in [5.41, 5.74) is 1.34. The molecule has 8 heteroatoms. The lowest BCUT2D eigenvalue weighted by Crippen LogP contribution is -2.60. The Morgan fingerprint density at radius 1 is 0.850 bits per heavy atom. The summed E-state index contributed by atoms with van der Waals surface area (Å²) in [6, 6.07) is 8.44. The third-order valence-corrected chi connectivity index (χ3v) is 10.9. The number of likely N-dealkylation sites (tertiary alicyclic amines) is 1. The summed E-state index contributed by atoms with van der Waals surface area (Å²) in [7, 11) is 1.81. The van der Waals surface area contributed by atoms with Crippen LogP contribution in [0.1, 0.15) is 88.5 Å². The molecule has 1 saturated heterocycles. The van der Waals surface area contributed by atoms with Gasteiger partial charge >= 0.3 is 6.18 Å². The molecule has 40 heavy (non-hydrogen) atoms. The van der Waals surface area contributed by atoms with Crippen molar-refractivity contribution in [1.82, 2.24) is 4.90 Å². The largest absolute Gasteiger partial charge is 0.494 e. The minimum absolute atomic E-state index is 0.127. The molecule has 1 aromatic carbocycles. The van der Waals surface area contributed by atoms with E-state index in [0.717, 1.165) is 56.2 Å². The summed E-state index contributed by atoms with van der Waals surface area (Å²) in [6.07, 6.45) is 7.75. The van der Waals surface area contributed by atoms with Crippen LogP contribution in [0.15, 0.2) is 24.3 Å². The lowest BCUT2D eigenvalue weighted by atomic mass is 9.53. The SMILES string of the molecule is COC1(OO[C@H]2CC[C@@H](c3ccc(OCCCN4CCC(C(F)(F)F)CC4)cc3)CC2)C2CC3CC(C2)CC1C3. The fourth-order valence-electron chi connectivity index (χ4n) is 8.78. The molecule has 0 spiro atoms. The average Bonchev–Trinajstić information content (AvgIpc) is 2.95. The van der Waals surface area contributed by atoms with E-state index in [2.05, 4.69) is 17.0 Å². The molecular formula is C32H46F3NO4. The van der Waals surface area contributed by atoms with Gasteiger partial charge in [-0.1, -0.05) is 12.1 Å². The van der Waals surface area contributed by atoms with Gasteiger partial charge in [-0.15, -0.1) is 0 Å². The Balaban J connectivity index is 0.892. The molecule has 0 N–H and O–H groups in total. The standard InChI is InChI=1S/C32H46F3NO4/c1-37-31(27-18-22-17-23(20-27)21-28(31)19-22)40-39-30-9-5-25(6-10-30)24-3-7-29(8-4-24)38-16-2-13-36-14-11-26(12-15-36)32(33,34)35/h3-4,7-8,22-23,25-28,30H,2,5-6,9-21H2,1H3/t22?,23?,25-,27?,28?,30+,31?. The molecule has 6 fully saturated rings. The number of methoxy groups -OCH3 is 1. The number of nitrogens with zero attached hydrogens (tertiary/aromatic N) is 1. The van der Waals surface area contributed by atoms with Crippen LogP contribution >= 0.6 is 0 Å². The van der Waals surface area contributed by atoms with Gasteiger partial charge in [0.15, 0.2) is 0 Å². The Hall–Kier alpha value is -1.35. The Labute approximate surface area is 237 Å². The van der Waals surface area contributed by atoms with Gasteiger partial charge in [-0.25, -0.2) is 9.78 Å². The van der Waals surface area contributed by atoms with Crippen LogP contribution in [-0.4, -0.2) is 56.3 Å². The van der Waals surface area contributed by atoms with Crippen molar-refractivity contribution < 1.29 is 32.4 Å². The highest BCUT2D eigenvalue weighted by molar-refractivity contribution is 5.29. The fraction of sp³-hybridized carbons (Fsp3) is 0.812. The normalized spacial score (nSPS) is 36.7. The molecule has 5 nitrogen and oxygen atoms in total. The smallest absolute Gasteiger partial charge is 0.391 e. The summed E-state index contributed by atoms with van der Waals surface area (Å²) in [4.78, 5) is 14.5. The first-order valence-electron chi connectivity index (χ1n) is 15.7. The van der Waals surface area contributed by atoms with Crippen LogP contribution in [0.4, 0.5) is 13.2 Å². The fourth-order valence-corrected chi connectivity index (χ4v) is 8.78. The molecule has 0 radical (unpaired) electrons. The Morgan fingerprint density at radius 3 is 2.05 bits per heavy atom. The first-order chi connectivity index (χ1) is 19.3. The van der Waals surface area contributed by atoms with Crippen molar-refractivity contribution in [2.75, 3.05) is 33.4 Å². The number of benzene rings is 1. The summed E-state index contributed by atoms with van der Waals surface area (Å²) in [5.74, 6) is 2.37. The zero-order valence-electron chi connectivity index (χ0n) is 23.9. The van der Waals surface area contributed by atoms with Crippen molar-refractivity contribution in [2.45, 2.75) is 101 Å². The van der Waals surface area contributed by atoms with Crippen molar-refractivity contribution in [2.24, 2.45) is 29.6 Å². The van der Waals surface area contributed by atoms with E-state index in [1.807, 2.05) is 12.1 Å². The molecular weight excluding hydrogens is 519 g/mol. The molecule has 5 aliphatic carbocycles. The number of hydrogen-bond acceptors (Lipinski definition) is 5. The number of hydrogen-bond donors (Lipinski definition) is 0. The summed E-state index contributed by atoms with van der Waals surface area (Å²) in [5, 5.41) is 0. The maximum Gasteiger partial charge on any atom is 0.391 e. The molecule has 1 aromatic rings. The van der Waals surface area contributed by atoms with Gasteiger partial charge in [-0.05, 0) is 126 Å². The zero-order chi connectivity index (χ0) is 27.7. The van der Waals surface area contributed by atoms with E-state index in [0.29, 0.717) is 37.5 Å². The van der Waals surface area contributed by atoms with Crippen molar-refractivity contribution in [1.29, 1.82) is 0 Å². The highest BCUT2D eigenvalue weighted by Gasteiger charge is 2.60. The first-order valence-corrected chi connectivity index (χ1v) is 15.7. The van der Waals surface area contributed by atoms with Gasteiger partial charge < -0.3 is 14.4 Å². The lowest BCUT2D eigenvalue weighted by Gasteiger charge is -2.58. The van der Waals surface area contributed by atoms with Crippen molar-refractivity contribution in [3.63, 3.8) is 0 Å². The van der Waals surface area contributed by atoms with Crippen LogP contribution in [0.5, 0.6) is 5.75 Å². The minimum Gasteiger partial charge on any atom is -0.494 e. The molecule has 0 unspecified atom stereocenters. The van der Waals surface area contributed by atoms with Crippen molar-refractivity contribution in [3.05, 3.63) is 29.8 Å². The molecule has 1 heterocycles. The van der Waals surface area contributed by atoms with Crippen LogP contribution in [0.2, 0.25) is 0 Å². The molecule has 1 aliphatic heterocycles. The van der Waals surface area contributed by atoms with E-state index < -0.39 is 17.9 Å². The van der Waals surface area contributed by atoms with Crippen LogP contribution in [-0.2, 0) is 14.5 Å². The maximum absolute atomic E-state index is 12.8. The molecule has 5 saturated carbocycles. The quantitative estimate of drug-likeness (QED) is 0.127. The molecule has 4 bridgehead atoms. The monoisotopic (exact) mass is 565 g/mol. The predicted molar refractivity (Wildman–Crippen MR) is 146 cm³/mol. The van der Waals surface area contributed by atoms with E-state index in [9.17, 15) is 13.2 Å². The topological polar surface area (TPSA) is 40.2 Å². The lowest BCUT2D eigenvalue weighted by molar-refractivity contribution is -0.485. The van der Waals surface area contributed by atoms with Gasteiger partial charge in [-0.2, -0.15) is 13.2 Å². The van der Waals surface area contributed by atoms with Crippen molar-refractivity contribution in [3.8, 4) is 5.75 Å². The second-order valence-corrected chi connectivity index (χ2v) is 13.3. The van der Waals surface area contributed by atoms with Crippen LogP contribution in [0, 0.1) is 29.6 Å². The van der Waals surface area contributed by atoms with Gasteiger partial charge in [0.2, 0.25) is 5.79 Å². The summed E-state index contributed by atoms with van der Waals surface area (Å²) in [6.45, 7) is 2.40. The van der Waals surface area contributed by atoms with E-state index in [-0.39, 0.29) is 18.9 Å². The summed E-state index contributed by atoms with van der Waals surface area (Å²) >= 11 is 0. The van der Waals surface area contributed by atoms with Crippen LogP contribution in [0.25, 0.3) is 0 Å².